The molecule has 0 saturated carbocycles. The molecule has 0 amide bonds. The maximum absolute atomic E-state index is 12.9. The lowest BCUT2D eigenvalue weighted by atomic mass is 9.94. The van der Waals surface area contributed by atoms with Crippen molar-refractivity contribution in [2.24, 2.45) is 5.73 Å². The van der Waals surface area contributed by atoms with E-state index in [-0.39, 0.29) is 16.1 Å². The molecule has 20 heavy (non-hydrogen) atoms. The van der Waals surface area contributed by atoms with E-state index in [2.05, 4.69) is 5.32 Å². The van der Waals surface area contributed by atoms with Gasteiger partial charge in [-0.1, -0.05) is 26.1 Å². The van der Waals surface area contributed by atoms with E-state index in [1.807, 2.05) is 20.8 Å². The van der Waals surface area contributed by atoms with Crippen molar-refractivity contribution in [2.45, 2.75) is 45.3 Å². The van der Waals surface area contributed by atoms with Crippen LogP contribution in [-0.2, 0) is 6.18 Å². The smallest absolute Gasteiger partial charge is 0.389 e. The van der Waals surface area contributed by atoms with Gasteiger partial charge in [-0.3, -0.25) is 0 Å². The summed E-state index contributed by atoms with van der Waals surface area (Å²) in [7, 11) is 0. The lowest BCUT2D eigenvalue weighted by Gasteiger charge is -2.30. The zero-order chi connectivity index (χ0) is 15.6. The summed E-state index contributed by atoms with van der Waals surface area (Å²) >= 11 is 4.73. The van der Waals surface area contributed by atoms with Crippen molar-refractivity contribution in [3.05, 3.63) is 29.3 Å². The minimum atomic E-state index is -4.46. The summed E-state index contributed by atoms with van der Waals surface area (Å²) < 4.78 is 38.6. The van der Waals surface area contributed by atoms with Crippen LogP contribution < -0.4 is 11.1 Å². The number of benzene rings is 1. The molecule has 0 aliphatic heterocycles. The normalized spacial score (nSPS) is 12.3. The van der Waals surface area contributed by atoms with Gasteiger partial charge in [-0.15, -0.1) is 0 Å². The third kappa shape index (κ3) is 3.85. The van der Waals surface area contributed by atoms with Crippen molar-refractivity contribution in [3.8, 4) is 0 Å². The molecule has 0 atom stereocenters. The predicted molar refractivity (Wildman–Crippen MR) is 79.9 cm³/mol. The molecule has 1 aromatic rings. The molecule has 6 heteroatoms. The zero-order valence-electron chi connectivity index (χ0n) is 11.8. The second-order valence-corrected chi connectivity index (χ2v) is 5.45. The van der Waals surface area contributed by atoms with Crippen LogP contribution in [0.5, 0.6) is 0 Å². The summed E-state index contributed by atoms with van der Waals surface area (Å²) in [4.78, 5) is -0.254. The Kier molecular flexibility index (Phi) is 5.02. The van der Waals surface area contributed by atoms with Crippen molar-refractivity contribution < 1.29 is 13.2 Å². The van der Waals surface area contributed by atoms with Crippen LogP contribution in [0.25, 0.3) is 0 Å². The maximum Gasteiger partial charge on any atom is 0.417 e. The molecule has 0 fully saturated rings. The van der Waals surface area contributed by atoms with Crippen LogP contribution in [0.15, 0.2) is 18.2 Å². The van der Waals surface area contributed by atoms with Crippen LogP contribution in [0.4, 0.5) is 18.9 Å². The molecule has 112 valence electrons. The third-order valence-electron chi connectivity index (χ3n) is 3.60. The van der Waals surface area contributed by atoms with Crippen molar-refractivity contribution in [3.63, 3.8) is 0 Å². The minimum absolute atomic E-state index is 0.146. The van der Waals surface area contributed by atoms with Crippen molar-refractivity contribution in [1.82, 2.24) is 0 Å². The first-order valence-electron chi connectivity index (χ1n) is 6.42. The van der Waals surface area contributed by atoms with Gasteiger partial charge in [0.1, 0.15) is 4.99 Å². The molecule has 0 bridgehead atoms. The summed E-state index contributed by atoms with van der Waals surface area (Å²) in [6.07, 6.45) is -2.75. The number of thiocarbonyl (C=S) groups is 1. The average molecular weight is 304 g/mol. The number of alkyl halides is 3. The molecule has 0 saturated heterocycles. The molecule has 0 aromatic heterocycles. The van der Waals surface area contributed by atoms with Crippen LogP contribution >= 0.6 is 12.2 Å². The van der Waals surface area contributed by atoms with Crippen molar-refractivity contribution >= 4 is 22.9 Å². The van der Waals surface area contributed by atoms with Gasteiger partial charge in [-0.05, 0) is 38.0 Å². The average Bonchev–Trinajstić information content (AvgIpc) is 2.37. The van der Waals surface area contributed by atoms with Gasteiger partial charge < -0.3 is 11.1 Å². The van der Waals surface area contributed by atoms with Crippen LogP contribution in [0, 0.1) is 0 Å². The van der Waals surface area contributed by atoms with Crippen LogP contribution in [0.1, 0.15) is 44.7 Å². The Morgan fingerprint density at radius 3 is 2.20 bits per heavy atom. The van der Waals surface area contributed by atoms with Crippen LogP contribution in [0.2, 0.25) is 0 Å². The Labute approximate surface area is 122 Å². The Hall–Kier alpha value is -1.30. The standard InChI is InChI=1S/C14H19F3N2S/c1-4-13(3,5-2)19-9-6-7-11(14(15,16)17)10(8-9)12(18)20/h6-8,19H,4-5H2,1-3H3,(H2,18,20). The number of halogens is 3. The highest BCUT2D eigenvalue weighted by Crippen LogP contribution is 2.34. The van der Waals surface area contributed by atoms with E-state index in [1.165, 1.54) is 12.1 Å². The zero-order valence-corrected chi connectivity index (χ0v) is 12.6. The second-order valence-electron chi connectivity index (χ2n) is 5.02. The highest BCUT2D eigenvalue weighted by atomic mass is 32.1. The Morgan fingerprint density at radius 2 is 1.80 bits per heavy atom. The first-order valence-corrected chi connectivity index (χ1v) is 6.83. The quantitative estimate of drug-likeness (QED) is 0.795. The molecule has 3 N–H and O–H groups in total. The van der Waals surface area contributed by atoms with Crippen molar-refractivity contribution in [1.29, 1.82) is 0 Å². The maximum atomic E-state index is 12.9. The fraction of sp³-hybridized carbons (Fsp3) is 0.500. The number of nitrogens with two attached hydrogens (primary N) is 1. The molecule has 0 radical (unpaired) electrons. The summed E-state index contributed by atoms with van der Waals surface area (Å²) in [5.41, 5.74) is 4.88. The van der Waals surface area contributed by atoms with Crippen LogP contribution in [0.3, 0.4) is 0 Å². The molecule has 2 nitrogen and oxygen atoms in total. The van der Waals surface area contributed by atoms with Gasteiger partial charge in [0.05, 0.1) is 5.56 Å². The van der Waals surface area contributed by atoms with Gasteiger partial charge in [-0.25, -0.2) is 0 Å². The Balaban J connectivity index is 3.21. The fourth-order valence-electron chi connectivity index (χ4n) is 1.85. The third-order valence-corrected chi connectivity index (χ3v) is 3.82. The Morgan fingerprint density at radius 1 is 1.25 bits per heavy atom. The molecular formula is C14H19F3N2S. The molecule has 0 aliphatic carbocycles. The van der Waals surface area contributed by atoms with Gasteiger partial charge in [0.2, 0.25) is 0 Å². The molecular weight excluding hydrogens is 285 g/mol. The first kappa shape index (κ1) is 16.8. The summed E-state index contributed by atoms with van der Waals surface area (Å²) in [6.45, 7) is 6.06. The lowest BCUT2D eigenvalue weighted by Crippen LogP contribution is -2.33. The van der Waals surface area contributed by atoms with E-state index >= 15 is 0 Å². The number of anilines is 1. The van der Waals surface area contributed by atoms with Gasteiger partial charge in [0.25, 0.3) is 0 Å². The molecule has 0 heterocycles. The molecule has 0 spiro atoms. The number of hydrogen-bond acceptors (Lipinski definition) is 2. The second kappa shape index (κ2) is 5.99. The van der Waals surface area contributed by atoms with E-state index in [9.17, 15) is 13.2 Å². The van der Waals surface area contributed by atoms with E-state index in [0.717, 1.165) is 18.9 Å². The lowest BCUT2D eigenvalue weighted by molar-refractivity contribution is -0.137. The highest BCUT2D eigenvalue weighted by Gasteiger charge is 2.34. The monoisotopic (exact) mass is 304 g/mol. The first-order chi connectivity index (χ1) is 9.13. The van der Waals surface area contributed by atoms with E-state index in [0.29, 0.717) is 5.69 Å². The van der Waals surface area contributed by atoms with E-state index < -0.39 is 11.7 Å². The number of rotatable bonds is 5. The molecule has 0 unspecified atom stereocenters. The minimum Gasteiger partial charge on any atom is -0.389 e. The number of nitrogens with one attached hydrogen (secondary N) is 1. The summed E-state index contributed by atoms with van der Waals surface area (Å²) in [5.74, 6) is 0. The van der Waals surface area contributed by atoms with Gasteiger partial charge in [0.15, 0.2) is 0 Å². The topological polar surface area (TPSA) is 38.0 Å². The highest BCUT2D eigenvalue weighted by molar-refractivity contribution is 7.80. The van der Waals surface area contributed by atoms with Crippen molar-refractivity contribution in [2.75, 3.05) is 5.32 Å². The van der Waals surface area contributed by atoms with Crippen LogP contribution in [-0.4, -0.2) is 10.5 Å². The Bertz CT molecular complexity index is 494. The number of hydrogen-bond donors (Lipinski definition) is 2. The molecule has 1 rings (SSSR count). The SMILES string of the molecule is CCC(C)(CC)Nc1ccc(C(F)(F)F)c(C(N)=S)c1. The largest absolute Gasteiger partial charge is 0.417 e. The summed E-state index contributed by atoms with van der Waals surface area (Å²) in [5, 5.41) is 3.25. The molecule has 0 aliphatic rings. The predicted octanol–water partition coefficient (Wildman–Crippen LogP) is 4.33. The van der Waals surface area contributed by atoms with E-state index in [4.69, 9.17) is 18.0 Å². The van der Waals surface area contributed by atoms with Gasteiger partial charge in [0, 0.05) is 16.8 Å². The van der Waals surface area contributed by atoms with Gasteiger partial charge >= 0.3 is 6.18 Å². The molecule has 1 aromatic carbocycles. The van der Waals surface area contributed by atoms with E-state index in [1.54, 1.807) is 0 Å². The summed E-state index contributed by atoms with van der Waals surface area (Å²) in [6, 6.07) is 3.80. The van der Waals surface area contributed by atoms with Gasteiger partial charge in [-0.2, -0.15) is 13.2 Å². The fourth-order valence-corrected chi connectivity index (χ4v) is 2.02.